The van der Waals surface area contributed by atoms with Gasteiger partial charge >= 0.3 is 19.8 Å². The molecule has 1 aliphatic rings. The van der Waals surface area contributed by atoms with E-state index in [-0.39, 0.29) is 36.2 Å². The van der Waals surface area contributed by atoms with Crippen LogP contribution in [0.1, 0.15) is 25.5 Å². The zero-order valence-electron chi connectivity index (χ0n) is 17.0. The number of hydrogen-bond donors (Lipinski definition) is 6. The molecule has 1 saturated heterocycles. The molecule has 33 heavy (non-hydrogen) atoms. The van der Waals surface area contributed by atoms with Crippen LogP contribution in [0.3, 0.4) is 0 Å². The van der Waals surface area contributed by atoms with Crippen molar-refractivity contribution in [3.63, 3.8) is 0 Å². The Morgan fingerprint density at radius 1 is 1.27 bits per heavy atom. The number of phosphoric ester groups is 1. The van der Waals surface area contributed by atoms with Crippen LogP contribution in [-0.4, -0.2) is 82.6 Å². The Morgan fingerprint density at radius 3 is 2.70 bits per heavy atom. The molecule has 16 nitrogen and oxygen atoms in total. The molecule has 8 N–H and O–H groups in total. The number of carbonyl (C=O) groups is 2. The van der Waals surface area contributed by atoms with E-state index >= 15 is 0 Å². The molecule has 0 radical (unpaired) electrons. The molecule has 2 aromatic heterocycles. The average molecular weight is 490 g/mol. The summed E-state index contributed by atoms with van der Waals surface area (Å²) in [6.45, 7) is -0.705. The number of carbonyl (C=O) groups excluding carboxylic acids is 1. The molecule has 3 unspecified atom stereocenters. The first-order chi connectivity index (χ1) is 15.5. The van der Waals surface area contributed by atoms with E-state index in [9.17, 15) is 29.3 Å². The van der Waals surface area contributed by atoms with E-state index in [2.05, 4.69) is 19.5 Å². The lowest BCUT2D eigenvalue weighted by molar-refractivity contribution is -0.140. The molecule has 0 bridgehead atoms. The van der Waals surface area contributed by atoms with E-state index in [0.29, 0.717) is 0 Å². The highest BCUT2D eigenvalue weighted by molar-refractivity contribution is 7.48. The number of phosphoric acid groups is 1. The number of aromatic nitrogens is 4. The Morgan fingerprint density at radius 2 is 2.00 bits per heavy atom. The molecule has 0 spiro atoms. The fraction of sp³-hybridized carbons (Fsp3) is 0.562. The molecule has 0 saturated carbocycles. The van der Waals surface area contributed by atoms with Gasteiger partial charge in [0.15, 0.2) is 17.7 Å². The normalized spacial score (nSPS) is 25.6. The first-order valence-electron chi connectivity index (χ1n) is 9.63. The standard InChI is InChI=1S/C16H23N6O10P/c17-7(16(26)27)2-1-3-9(23)32-33(28,29)30-4-8-11(24)12(25)15(31-8)22-6-21-10-13(18)19-5-20-14(10)22/h5-8,11-12,15,24-25H,1-4,17H2,(H,26,27)(H,28,29)(H2,18,19,20)/t7-,8?,11+,12+,15?/m0/s1. The van der Waals surface area contributed by atoms with Gasteiger partial charge in [-0.1, -0.05) is 0 Å². The van der Waals surface area contributed by atoms with Crippen LogP contribution < -0.4 is 11.5 Å². The minimum atomic E-state index is -4.88. The summed E-state index contributed by atoms with van der Waals surface area (Å²) >= 11 is 0. The Hall–Kier alpha value is -2.72. The molecular formula is C16H23N6O10P. The second kappa shape index (κ2) is 10.0. The Labute approximate surface area is 185 Å². The molecule has 182 valence electrons. The van der Waals surface area contributed by atoms with E-state index in [1.807, 2.05) is 0 Å². The Kier molecular flexibility index (Phi) is 7.58. The first-order valence-corrected chi connectivity index (χ1v) is 11.1. The number of fused-ring (bicyclic) bond motifs is 1. The topological polar surface area (TPSA) is 255 Å². The van der Waals surface area contributed by atoms with Gasteiger partial charge in [-0.25, -0.2) is 19.5 Å². The van der Waals surface area contributed by atoms with Crippen LogP contribution in [-0.2, 0) is 27.9 Å². The highest BCUT2D eigenvalue weighted by Crippen LogP contribution is 2.45. The van der Waals surface area contributed by atoms with Gasteiger partial charge in [-0.2, -0.15) is 0 Å². The summed E-state index contributed by atoms with van der Waals surface area (Å²) in [5.74, 6) is -2.25. The second-order valence-electron chi connectivity index (χ2n) is 7.19. The van der Waals surface area contributed by atoms with Crippen LogP contribution in [0.15, 0.2) is 12.7 Å². The van der Waals surface area contributed by atoms with Gasteiger partial charge in [0.1, 0.15) is 36.2 Å². The number of rotatable bonds is 10. The van der Waals surface area contributed by atoms with Crippen molar-refractivity contribution in [2.45, 2.75) is 49.8 Å². The summed E-state index contributed by atoms with van der Waals surface area (Å²) in [5, 5.41) is 29.3. The van der Waals surface area contributed by atoms with Gasteiger partial charge in [-0.05, 0) is 12.8 Å². The number of nitrogen functional groups attached to an aromatic ring is 1. The van der Waals surface area contributed by atoms with Gasteiger partial charge in [0.05, 0.1) is 12.9 Å². The molecule has 0 aliphatic carbocycles. The number of aliphatic carboxylic acids is 1. The minimum absolute atomic E-state index is 0.0115. The van der Waals surface area contributed by atoms with Crippen molar-refractivity contribution >= 4 is 36.7 Å². The number of ether oxygens (including phenoxy) is 1. The molecule has 0 aromatic carbocycles. The molecular weight excluding hydrogens is 467 g/mol. The maximum Gasteiger partial charge on any atom is 0.529 e. The molecule has 0 amide bonds. The van der Waals surface area contributed by atoms with E-state index in [4.69, 9.17) is 25.8 Å². The number of imidazole rings is 1. The summed E-state index contributed by atoms with van der Waals surface area (Å²) in [6.07, 6.45) is -3.39. The summed E-state index contributed by atoms with van der Waals surface area (Å²) in [6, 6.07) is -1.18. The van der Waals surface area contributed by atoms with Crippen LogP contribution in [0.4, 0.5) is 5.82 Å². The maximum atomic E-state index is 12.0. The number of hydrogen-bond acceptors (Lipinski definition) is 13. The first kappa shape index (κ1) is 24.9. The zero-order chi connectivity index (χ0) is 24.3. The van der Waals surface area contributed by atoms with Gasteiger partial charge < -0.3 is 36.0 Å². The summed E-state index contributed by atoms with van der Waals surface area (Å²) in [4.78, 5) is 43.9. The molecule has 17 heteroatoms. The number of carboxylic acid groups (broad SMARTS) is 1. The number of aliphatic hydroxyl groups is 2. The maximum absolute atomic E-state index is 12.0. The lowest BCUT2D eigenvalue weighted by Gasteiger charge is -2.17. The fourth-order valence-corrected chi connectivity index (χ4v) is 3.85. The smallest absolute Gasteiger partial charge is 0.480 e. The van der Waals surface area contributed by atoms with Crippen LogP contribution >= 0.6 is 7.82 Å². The number of nitrogens with zero attached hydrogens (tertiary/aromatic N) is 4. The summed E-state index contributed by atoms with van der Waals surface area (Å²) in [5.41, 5.74) is 11.5. The lowest BCUT2D eigenvalue weighted by Crippen LogP contribution is -2.33. The number of carboxylic acids is 1. The lowest BCUT2D eigenvalue weighted by atomic mass is 10.1. The molecule has 2 aromatic rings. The summed E-state index contributed by atoms with van der Waals surface area (Å²) < 4.78 is 28.0. The van der Waals surface area contributed by atoms with E-state index < -0.39 is 56.9 Å². The monoisotopic (exact) mass is 490 g/mol. The SMILES string of the molecule is Nc1ncnc2c1ncn2C1OC(COP(=O)(O)OC(=O)CCC[C@H](N)C(=O)O)[C@@H](O)[C@H]1O. The van der Waals surface area contributed by atoms with Crippen LogP contribution in [0, 0.1) is 0 Å². The highest BCUT2D eigenvalue weighted by Gasteiger charge is 2.45. The van der Waals surface area contributed by atoms with Crippen LogP contribution in [0.25, 0.3) is 11.2 Å². The average Bonchev–Trinajstić information content (AvgIpc) is 3.28. The van der Waals surface area contributed by atoms with Crippen LogP contribution in [0.2, 0.25) is 0 Å². The van der Waals surface area contributed by atoms with E-state index in [0.717, 1.165) is 0 Å². The number of aliphatic hydroxyl groups excluding tert-OH is 2. The number of nitrogens with two attached hydrogens (primary N) is 2. The van der Waals surface area contributed by atoms with Crippen molar-refractivity contribution in [1.29, 1.82) is 0 Å². The highest BCUT2D eigenvalue weighted by atomic mass is 31.2. The third kappa shape index (κ3) is 5.80. The summed E-state index contributed by atoms with van der Waals surface area (Å²) in [7, 11) is -4.88. The second-order valence-corrected chi connectivity index (χ2v) is 8.57. The molecule has 1 fully saturated rings. The Bertz CT molecular complexity index is 1070. The van der Waals surface area contributed by atoms with Gasteiger partial charge in [0.2, 0.25) is 0 Å². The largest absolute Gasteiger partial charge is 0.529 e. The van der Waals surface area contributed by atoms with Crippen molar-refractivity contribution in [3.05, 3.63) is 12.7 Å². The van der Waals surface area contributed by atoms with Gasteiger partial charge in [-0.3, -0.25) is 23.6 Å². The van der Waals surface area contributed by atoms with Gasteiger partial charge in [-0.15, -0.1) is 0 Å². The Balaban J connectivity index is 1.55. The molecule has 6 atom stereocenters. The third-order valence-corrected chi connectivity index (χ3v) is 5.74. The van der Waals surface area contributed by atoms with Crippen molar-refractivity contribution in [1.82, 2.24) is 19.5 Å². The zero-order valence-corrected chi connectivity index (χ0v) is 17.9. The van der Waals surface area contributed by atoms with Crippen molar-refractivity contribution in [2.75, 3.05) is 12.3 Å². The third-order valence-electron chi connectivity index (χ3n) is 4.83. The van der Waals surface area contributed by atoms with Gasteiger partial charge in [0, 0.05) is 6.42 Å². The van der Waals surface area contributed by atoms with Crippen LogP contribution in [0.5, 0.6) is 0 Å². The molecule has 3 rings (SSSR count). The molecule has 1 aliphatic heterocycles. The quantitative estimate of drug-likeness (QED) is 0.202. The number of anilines is 1. The van der Waals surface area contributed by atoms with Gasteiger partial charge in [0.25, 0.3) is 0 Å². The molecule has 3 heterocycles. The van der Waals surface area contributed by atoms with E-state index in [1.165, 1.54) is 17.2 Å². The minimum Gasteiger partial charge on any atom is -0.480 e. The van der Waals surface area contributed by atoms with Crippen molar-refractivity contribution in [3.8, 4) is 0 Å². The predicted octanol–water partition coefficient (Wildman–Crippen LogP) is -1.73. The fourth-order valence-electron chi connectivity index (χ4n) is 3.11. The predicted molar refractivity (Wildman–Crippen MR) is 107 cm³/mol. The van der Waals surface area contributed by atoms with Crippen molar-refractivity contribution < 1.29 is 48.2 Å². The van der Waals surface area contributed by atoms with E-state index in [1.54, 1.807) is 0 Å². The van der Waals surface area contributed by atoms with Crippen molar-refractivity contribution in [2.24, 2.45) is 5.73 Å².